The monoisotopic (exact) mass is 748 g/mol. The summed E-state index contributed by atoms with van der Waals surface area (Å²) in [5.74, 6) is -7.55. The van der Waals surface area contributed by atoms with E-state index in [1.165, 1.54) is 53.1 Å². The van der Waals surface area contributed by atoms with E-state index in [4.69, 9.17) is 0 Å². The van der Waals surface area contributed by atoms with Crippen molar-refractivity contribution < 1.29 is 54.3 Å². The van der Waals surface area contributed by atoms with Gasteiger partial charge in [-0.3, -0.25) is 24.0 Å². The second kappa shape index (κ2) is 15.9. The van der Waals surface area contributed by atoms with Gasteiger partial charge >= 0.3 is 5.97 Å². The lowest BCUT2D eigenvalue weighted by Gasteiger charge is -2.44. The molecular weight excluding hydrogens is 708 g/mol. The SMILES string of the molecule is CC1(C)S[C@@H]2[C@H](NC(=O)[C@H](CC(=O)CN(CCCCNC(=O)c3cccc(O)c3O)C(=O)c3cccc(O)c3O)c3ccccc3)C(=O)N2[C@H]1C(=O)O. The zero-order valence-corrected chi connectivity index (χ0v) is 29.7. The molecule has 2 heterocycles. The number of rotatable bonds is 15. The summed E-state index contributed by atoms with van der Waals surface area (Å²) in [6.07, 6.45) is 0.205. The molecular formula is C37H40N4O11S. The molecule has 0 radical (unpaired) electrons. The molecule has 3 aromatic rings. The van der Waals surface area contributed by atoms with Crippen LogP contribution in [0.1, 0.15) is 65.3 Å². The number of benzene rings is 3. The van der Waals surface area contributed by atoms with Gasteiger partial charge in [0.1, 0.15) is 17.5 Å². The third kappa shape index (κ3) is 8.17. The van der Waals surface area contributed by atoms with Gasteiger partial charge in [-0.05, 0) is 56.5 Å². The molecule has 3 aromatic carbocycles. The number of phenols is 4. The van der Waals surface area contributed by atoms with Crippen molar-refractivity contribution >= 4 is 47.1 Å². The molecule has 2 aliphatic rings. The Labute approximate surface area is 308 Å². The lowest BCUT2D eigenvalue weighted by Crippen LogP contribution is -2.70. The number of β-lactam (4-membered cyclic amide) rings is 1. The van der Waals surface area contributed by atoms with Gasteiger partial charge in [-0.15, -0.1) is 11.8 Å². The molecule has 53 heavy (non-hydrogen) atoms. The maximum Gasteiger partial charge on any atom is 0.327 e. The highest BCUT2D eigenvalue weighted by atomic mass is 32.2. The van der Waals surface area contributed by atoms with E-state index in [1.54, 1.807) is 44.2 Å². The average molecular weight is 749 g/mol. The second-order valence-corrected chi connectivity index (χ2v) is 15.1. The zero-order valence-electron chi connectivity index (χ0n) is 28.9. The van der Waals surface area contributed by atoms with E-state index in [0.29, 0.717) is 12.0 Å². The van der Waals surface area contributed by atoms with Crippen LogP contribution in [0.5, 0.6) is 23.0 Å². The van der Waals surface area contributed by atoms with Crippen molar-refractivity contribution in [3.8, 4) is 23.0 Å². The van der Waals surface area contributed by atoms with Crippen molar-refractivity contribution in [3.63, 3.8) is 0 Å². The number of carbonyl (C=O) groups is 6. The highest BCUT2D eigenvalue weighted by Gasteiger charge is 2.64. The number of amides is 4. The maximum atomic E-state index is 13.8. The van der Waals surface area contributed by atoms with E-state index in [1.807, 2.05) is 0 Å². The van der Waals surface area contributed by atoms with Crippen LogP contribution in [0, 0.1) is 0 Å². The molecule has 0 spiro atoms. The van der Waals surface area contributed by atoms with Crippen LogP contribution < -0.4 is 10.6 Å². The number of carboxylic acids is 1. The van der Waals surface area contributed by atoms with Crippen LogP contribution in [0.2, 0.25) is 0 Å². The number of nitrogens with one attached hydrogen (secondary N) is 2. The van der Waals surface area contributed by atoms with Crippen LogP contribution >= 0.6 is 11.8 Å². The molecule has 0 aromatic heterocycles. The Kier molecular flexibility index (Phi) is 11.5. The number of carbonyl (C=O) groups excluding carboxylic acids is 5. The Morgan fingerprint density at radius 1 is 0.868 bits per heavy atom. The summed E-state index contributed by atoms with van der Waals surface area (Å²) in [5.41, 5.74) is 0.0902. The summed E-state index contributed by atoms with van der Waals surface area (Å²) in [7, 11) is 0. The molecule has 2 saturated heterocycles. The molecule has 0 bridgehead atoms. The molecule has 4 atom stereocenters. The number of aromatic hydroxyl groups is 4. The quantitative estimate of drug-likeness (QED) is 0.0675. The van der Waals surface area contributed by atoms with E-state index in [2.05, 4.69) is 10.6 Å². The minimum absolute atomic E-state index is 0.0268. The second-order valence-electron chi connectivity index (χ2n) is 13.3. The summed E-state index contributed by atoms with van der Waals surface area (Å²) >= 11 is 1.27. The highest BCUT2D eigenvalue weighted by Crippen LogP contribution is 2.51. The lowest BCUT2D eigenvalue weighted by molar-refractivity contribution is -0.161. The fraction of sp³-hybridized carbons (Fsp3) is 0.351. The zero-order chi connectivity index (χ0) is 38.6. The Morgan fingerprint density at radius 3 is 2.13 bits per heavy atom. The molecule has 4 amide bonds. The highest BCUT2D eigenvalue weighted by molar-refractivity contribution is 8.01. The predicted octanol–water partition coefficient (Wildman–Crippen LogP) is 2.54. The van der Waals surface area contributed by atoms with Crippen LogP contribution in [0.4, 0.5) is 0 Å². The number of nitrogens with zero attached hydrogens (tertiary/aromatic N) is 2. The van der Waals surface area contributed by atoms with Crippen molar-refractivity contribution in [1.82, 2.24) is 20.4 Å². The first-order valence-electron chi connectivity index (χ1n) is 16.8. The van der Waals surface area contributed by atoms with Crippen LogP contribution in [-0.2, 0) is 19.2 Å². The maximum absolute atomic E-state index is 13.8. The van der Waals surface area contributed by atoms with Gasteiger partial charge in [0, 0.05) is 24.3 Å². The first kappa shape index (κ1) is 38.5. The molecule has 16 heteroatoms. The molecule has 15 nitrogen and oxygen atoms in total. The topological polar surface area (TPSA) is 234 Å². The van der Waals surface area contributed by atoms with Gasteiger partial charge in [-0.2, -0.15) is 0 Å². The van der Waals surface area contributed by atoms with Gasteiger partial charge < -0.3 is 46.0 Å². The van der Waals surface area contributed by atoms with E-state index < -0.39 is 93.0 Å². The van der Waals surface area contributed by atoms with Crippen LogP contribution in [0.25, 0.3) is 0 Å². The van der Waals surface area contributed by atoms with E-state index in [0.717, 1.165) is 4.90 Å². The van der Waals surface area contributed by atoms with Crippen LogP contribution in [-0.4, -0.2) is 113 Å². The Hall–Kier alpha value is -5.77. The normalized spacial score (nSPS) is 19.0. The Balaban J connectivity index is 1.27. The van der Waals surface area contributed by atoms with Gasteiger partial charge in [-0.1, -0.05) is 42.5 Å². The van der Waals surface area contributed by atoms with Gasteiger partial charge in [0.25, 0.3) is 11.8 Å². The smallest absolute Gasteiger partial charge is 0.327 e. The number of aliphatic carboxylic acids is 1. The minimum atomic E-state index is -1.15. The summed E-state index contributed by atoms with van der Waals surface area (Å²) < 4.78 is -0.805. The first-order valence-corrected chi connectivity index (χ1v) is 17.7. The molecule has 0 unspecified atom stereocenters. The average Bonchev–Trinajstić information content (AvgIpc) is 3.38. The number of carboxylic acid groups (broad SMARTS) is 1. The Bertz CT molecular complexity index is 1920. The standard InChI is InChI=1S/C37H40N4O11S/c1-37(2)30(36(51)52)41-34(50)27(35(41)53-37)39-32(48)24(20-10-4-3-5-11-20)18-21(42)19-40(33(49)23-13-9-15-26(44)29(23)46)17-7-6-16-38-31(47)22-12-8-14-25(43)28(22)45/h3-5,8-15,24,27,30,35,43-46H,6-7,16-19H2,1-2H3,(H,38,47)(H,39,48)(H,51,52)/t24-,27-,30+,35-/m1/s1. The van der Waals surface area contributed by atoms with Crippen molar-refractivity contribution in [1.29, 1.82) is 0 Å². The molecule has 0 aliphatic carbocycles. The number of hydrogen-bond donors (Lipinski definition) is 7. The molecule has 280 valence electrons. The number of phenolic OH excluding ortho intramolecular Hbond substituents is 4. The lowest BCUT2D eigenvalue weighted by atomic mass is 9.91. The van der Waals surface area contributed by atoms with Crippen molar-refractivity contribution in [2.75, 3.05) is 19.6 Å². The summed E-state index contributed by atoms with van der Waals surface area (Å²) in [5, 5.41) is 54.6. The van der Waals surface area contributed by atoms with Crippen LogP contribution in [0.15, 0.2) is 66.7 Å². The first-order chi connectivity index (χ1) is 25.1. The fourth-order valence-corrected chi connectivity index (χ4v) is 8.14. The van der Waals surface area contributed by atoms with Crippen molar-refractivity contribution in [3.05, 3.63) is 83.4 Å². The molecule has 7 N–H and O–H groups in total. The van der Waals surface area contributed by atoms with E-state index in [9.17, 15) is 54.3 Å². The molecule has 5 rings (SSSR count). The number of thioether (sulfide) groups is 1. The molecule has 2 aliphatic heterocycles. The van der Waals surface area contributed by atoms with Gasteiger partial charge in [0.2, 0.25) is 11.8 Å². The third-order valence-electron chi connectivity index (χ3n) is 9.22. The summed E-state index contributed by atoms with van der Waals surface area (Å²) in [6, 6.07) is 14.1. The summed E-state index contributed by atoms with van der Waals surface area (Å²) in [4.78, 5) is 81.1. The van der Waals surface area contributed by atoms with Gasteiger partial charge in [0.15, 0.2) is 28.8 Å². The number of fused-ring (bicyclic) bond motifs is 1. The number of para-hydroxylation sites is 2. The largest absolute Gasteiger partial charge is 0.504 e. The fourth-order valence-electron chi connectivity index (χ4n) is 6.52. The Morgan fingerprint density at radius 2 is 1.49 bits per heavy atom. The number of ketones is 1. The van der Waals surface area contributed by atoms with E-state index >= 15 is 0 Å². The van der Waals surface area contributed by atoms with Crippen LogP contribution in [0.3, 0.4) is 0 Å². The predicted molar refractivity (Wildman–Crippen MR) is 191 cm³/mol. The van der Waals surface area contributed by atoms with Gasteiger partial charge in [0.05, 0.1) is 23.6 Å². The van der Waals surface area contributed by atoms with Crippen molar-refractivity contribution in [2.24, 2.45) is 0 Å². The number of Topliss-reactive ketones (excluding diaryl/α,β-unsaturated/α-hetero) is 1. The minimum Gasteiger partial charge on any atom is -0.504 e. The molecule has 2 fully saturated rings. The number of unbranched alkanes of at least 4 members (excludes halogenated alkanes) is 1. The third-order valence-corrected chi connectivity index (χ3v) is 10.8. The summed E-state index contributed by atoms with van der Waals surface area (Å²) in [6.45, 7) is 3.03. The van der Waals surface area contributed by atoms with Gasteiger partial charge in [-0.25, -0.2) is 4.79 Å². The van der Waals surface area contributed by atoms with Crippen molar-refractivity contribution in [2.45, 2.75) is 61.2 Å². The molecule has 0 saturated carbocycles. The number of hydrogen-bond acceptors (Lipinski definition) is 11. The van der Waals surface area contributed by atoms with E-state index in [-0.39, 0.29) is 37.1 Å².